The average molecular weight is 324 g/mol. The normalized spacial score (nSPS) is 15.3. The molecule has 2 aromatic carbocycles. The van der Waals surface area contributed by atoms with E-state index in [-0.39, 0.29) is 5.91 Å². The SMILES string of the molecule is Cc1ccccc1C(=O)Nc1ccc(N2CCN(C)CC2)c(N)c1. The molecule has 1 saturated heterocycles. The number of hydrogen-bond acceptors (Lipinski definition) is 4. The Morgan fingerprint density at radius 2 is 1.79 bits per heavy atom. The maximum absolute atomic E-state index is 12.4. The Balaban J connectivity index is 1.73. The van der Waals surface area contributed by atoms with Gasteiger partial charge < -0.3 is 20.9 Å². The first kappa shape index (κ1) is 16.3. The highest BCUT2D eigenvalue weighted by molar-refractivity contribution is 6.05. The van der Waals surface area contributed by atoms with Crippen LogP contribution in [0.5, 0.6) is 0 Å². The lowest BCUT2D eigenvalue weighted by molar-refractivity contribution is 0.102. The molecule has 1 aliphatic rings. The fourth-order valence-corrected chi connectivity index (χ4v) is 2.99. The molecule has 1 aliphatic heterocycles. The van der Waals surface area contributed by atoms with Crippen molar-refractivity contribution in [3.8, 4) is 0 Å². The minimum atomic E-state index is -0.111. The fraction of sp³-hybridized carbons (Fsp3) is 0.316. The second-order valence-electron chi connectivity index (χ2n) is 6.33. The number of hydrogen-bond donors (Lipinski definition) is 2. The third kappa shape index (κ3) is 3.51. The quantitative estimate of drug-likeness (QED) is 0.852. The lowest BCUT2D eigenvalue weighted by Gasteiger charge is -2.34. The molecule has 1 heterocycles. The zero-order valence-corrected chi connectivity index (χ0v) is 14.2. The predicted octanol–water partition coefficient (Wildman–Crippen LogP) is 2.58. The number of amides is 1. The number of carbonyl (C=O) groups excluding carboxylic acids is 1. The molecule has 2 aromatic rings. The summed E-state index contributed by atoms with van der Waals surface area (Å²) < 4.78 is 0. The molecule has 0 radical (unpaired) electrons. The van der Waals surface area contributed by atoms with Gasteiger partial charge >= 0.3 is 0 Å². The van der Waals surface area contributed by atoms with Crippen LogP contribution in [0.2, 0.25) is 0 Å². The zero-order valence-electron chi connectivity index (χ0n) is 14.2. The highest BCUT2D eigenvalue weighted by Crippen LogP contribution is 2.27. The van der Waals surface area contributed by atoms with Gasteiger partial charge in [0.1, 0.15) is 0 Å². The zero-order chi connectivity index (χ0) is 17.1. The van der Waals surface area contributed by atoms with Crippen LogP contribution < -0.4 is 16.0 Å². The van der Waals surface area contributed by atoms with Gasteiger partial charge in [0.05, 0.1) is 11.4 Å². The Morgan fingerprint density at radius 1 is 1.08 bits per heavy atom. The highest BCUT2D eigenvalue weighted by Gasteiger charge is 2.17. The summed E-state index contributed by atoms with van der Waals surface area (Å²) in [6, 6.07) is 13.3. The Bertz CT molecular complexity index is 736. The van der Waals surface area contributed by atoms with Crippen LogP contribution in [-0.2, 0) is 0 Å². The Labute approximate surface area is 143 Å². The number of piperazine rings is 1. The van der Waals surface area contributed by atoms with Crippen LogP contribution in [0.15, 0.2) is 42.5 Å². The van der Waals surface area contributed by atoms with Crippen molar-refractivity contribution in [1.82, 2.24) is 4.90 Å². The molecule has 1 amide bonds. The van der Waals surface area contributed by atoms with E-state index in [4.69, 9.17) is 5.73 Å². The van der Waals surface area contributed by atoms with Gasteiger partial charge in [-0.15, -0.1) is 0 Å². The molecule has 0 spiro atoms. The molecule has 0 unspecified atom stereocenters. The van der Waals surface area contributed by atoms with Crippen molar-refractivity contribution < 1.29 is 4.79 Å². The first-order valence-electron chi connectivity index (χ1n) is 8.24. The van der Waals surface area contributed by atoms with E-state index < -0.39 is 0 Å². The van der Waals surface area contributed by atoms with Crippen LogP contribution in [0.4, 0.5) is 17.1 Å². The first-order chi connectivity index (χ1) is 11.5. The first-order valence-corrected chi connectivity index (χ1v) is 8.24. The molecular weight excluding hydrogens is 300 g/mol. The molecule has 0 saturated carbocycles. The van der Waals surface area contributed by atoms with Gasteiger partial charge in [-0.05, 0) is 43.8 Å². The maximum Gasteiger partial charge on any atom is 0.255 e. The van der Waals surface area contributed by atoms with Crippen molar-refractivity contribution in [2.75, 3.05) is 49.2 Å². The van der Waals surface area contributed by atoms with Crippen molar-refractivity contribution in [1.29, 1.82) is 0 Å². The monoisotopic (exact) mass is 324 g/mol. The average Bonchev–Trinajstić information content (AvgIpc) is 2.56. The summed E-state index contributed by atoms with van der Waals surface area (Å²) in [5, 5.41) is 2.93. The third-order valence-corrected chi connectivity index (χ3v) is 4.52. The van der Waals surface area contributed by atoms with E-state index in [0.29, 0.717) is 11.3 Å². The second kappa shape index (κ2) is 6.93. The van der Waals surface area contributed by atoms with Crippen molar-refractivity contribution >= 4 is 23.0 Å². The Hall–Kier alpha value is -2.53. The van der Waals surface area contributed by atoms with Gasteiger partial charge in [0.15, 0.2) is 0 Å². The largest absolute Gasteiger partial charge is 0.397 e. The second-order valence-corrected chi connectivity index (χ2v) is 6.33. The van der Waals surface area contributed by atoms with E-state index in [1.54, 1.807) is 0 Å². The number of carbonyl (C=O) groups is 1. The van der Waals surface area contributed by atoms with Gasteiger partial charge in [-0.2, -0.15) is 0 Å². The molecule has 1 fully saturated rings. The molecule has 0 atom stereocenters. The standard InChI is InChI=1S/C19H24N4O/c1-14-5-3-4-6-16(14)19(24)21-15-7-8-18(17(20)13-15)23-11-9-22(2)10-12-23/h3-8,13H,9-12,20H2,1-2H3,(H,21,24). The lowest BCUT2D eigenvalue weighted by Crippen LogP contribution is -2.44. The number of nitrogens with two attached hydrogens (primary N) is 1. The molecule has 0 aromatic heterocycles. The molecule has 0 aliphatic carbocycles. The maximum atomic E-state index is 12.4. The third-order valence-electron chi connectivity index (χ3n) is 4.52. The number of nitrogen functional groups attached to an aromatic ring is 1. The summed E-state index contributed by atoms with van der Waals surface area (Å²) in [5.41, 5.74) is 10.3. The van der Waals surface area contributed by atoms with Gasteiger partial charge in [-0.25, -0.2) is 0 Å². The molecule has 3 rings (SSSR count). The summed E-state index contributed by atoms with van der Waals surface area (Å²) in [4.78, 5) is 17.0. The van der Waals surface area contributed by atoms with E-state index in [9.17, 15) is 4.79 Å². The number of aryl methyl sites for hydroxylation is 1. The Kier molecular flexibility index (Phi) is 4.71. The minimum Gasteiger partial charge on any atom is -0.397 e. The van der Waals surface area contributed by atoms with Crippen LogP contribution >= 0.6 is 0 Å². The van der Waals surface area contributed by atoms with Gasteiger partial charge in [0.2, 0.25) is 0 Å². The molecule has 5 heteroatoms. The van der Waals surface area contributed by atoms with Gasteiger partial charge in [0.25, 0.3) is 5.91 Å². The smallest absolute Gasteiger partial charge is 0.255 e. The van der Waals surface area contributed by atoms with Crippen molar-refractivity contribution in [3.63, 3.8) is 0 Å². The van der Waals surface area contributed by atoms with Gasteiger partial charge in [-0.1, -0.05) is 18.2 Å². The van der Waals surface area contributed by atoms with Crippen LogP contribution in [0.1, 0.15) is 15.9 Å². The van der Waals surface area contributed by atoms with Gasteiger partial charge in [0, 0.05) is 37.4 Å². The van der Waals surface area contributed by atoms with Crippen LogP contribution in [0, 0.1) is 6.92 Å². The number of anilines is 3. The van der Waals surface area contributed by atoms with E-state index in [1.807, 2.05) is 49.4 Å². The molecular formula is C19H24N4O. The van der Waals surface area contributed by atoms with Crippen LogP contribution in [0.3, 0.4) is 0 Å². The number of rotatable bonds is 3. The van der Waals surface area contributed by atoms with Crippen molar-refractivity contribution in [2.24, 2.45) is 0 Å². The molecule has 24 heavy (non-hydrogen) atoms. The van der Waals surface area contributed by atoms with E-state index in [0.717, 1.165) is 43.1 Å². The number of nitrogens with zero attached hydrogens (tertiary/aromatic N) is 2. The molecule has 3 N–H and O–H groups in total. The van der Waals surface area contributed by atoms with Crippen molar-refractivity contribution in [3.05, 3.63) is 53.6 Å². The lowest BCUT2D eigenvalue weighted by atomic mass is 10.1. The van der Waals surface area contributed by atoms with Gasteiger partial charge in [-0.3, -0.25) is 4.79 Å². The molecule has 126 valence electrons. The number of likely N-dealkylation sites (N-methyl/N-ethyl adjacent to an activating group) is 1. The highest BCUT2D eigenvalue weighted by atomic mass is 16.1. The fourth-order valence-electron chi connectivity index (χ4n) is 2.99. The summed E-state index contributed by atoms with van der Waals surface area (Å²) in [5.74, 6) is -0.111. The summed E-state index contributed by atoms with van der Waals surface area (Å²) in [7, 11) is 2.13. The summed E-state index contributed by atoms with van der Waals surface area (Å²) in [6.07, 6.45) is 0. The molecule has 5 nitrogen and oxygen atoms in total. The molecule has 0 bridgehead atoms. The van der Waals surface area contributed by atoms with E-state index in [2.05, 4.69) is 22.2 Å². The number of benzene rings is 2. The number of nitrogens with one attached hydrogen (secondary N) is 1. The Morgan fingerprint density at radius 3 is 2.46 bits per heavy atom. The summed E-state index contributed by atoms with van der Waals surface area (Å²) >= 11 is 0. The van der Waals surface area contributed by atoms with Crippen LogP contribution in [-0.4, -0.2) is 44.0 Å². The summed E-state index contributed by atoms with van der Waals surface area (Å²) in [6.45, 7) is 5.93. The van der Waals surface area contributed by atoms with E-state index >= 15 is 0 Å². The predicted molar refractivity (Wildman–Crippen MR) is 99.7 cm³/mol. The van der Waals surface area contributed by atoms with Crippen molar-refractivity contribution in [2.45, 2.75) is 6.92 Å². The topological polar surface area (TPSA) is 61.6 Å². The van der Waals surface area contributed by atoms with Crippen LogP contribution in [0.25, 0.3) is 0 Å². The minimum absolute atomic E-state index is 0.111. The van der Waals surface area contributed by atoms with E-state index in [1.165, 1.54) is 0 Å².